The molecule has 1 unspecified atom stereocenters. The first kappa shape index (κ1) is 17.5. The van der Waals surface area contributed by atoms with E-state index in [2.05, 4.69) is 22.3 Å². The highest BCUT2D eigenvalue weighted by molar-refractivity contribution is 5.94. The summed E-state index contributed by atoms with van der Waals surface area (Å²) in [7, 11) is 0. The molecule has 1 aromatic carbocycles. The van der Waals surface area contributed by atoms with Crippen LogP contribution in [0.1, 0.15) is 30.3 Å². The Hall–Kier alpha value is -2.86. The van der Waals surface area contributed by atoms with Crippen molar-refractivity contribution >= 4 is 5.91 Å². The highest BCUT2D eigenvalue weighted by atomic mass is 16.2. The van der Waals surface area contributed by atoms with Gasteiger partial charge in [0.2, 0.25) is 0 Å². The summed E-state index contributed by atoms with van der Waals surface area (Å²) in [4.78, 5) is 18.2. The first-order valence-electron chi connectivity index (χ1n) is 9.57. The van der Waals surface area contributed by atoms with Gasteiger partial charge >= 0.3 is 0 Å². The molecule has 2 aromatic heterocycles. The number of hydrogen-bond acceptors (Lipinski definition) is 3. The van der Waals surface area contributed by atoms with E-state index in [0.717, 1.165) is 49.3 Å². The molecule has 1 saturated heterocycles. The molecule has 1 atom stereocenters. The minimum absolute atomic E-state index is 0.0762. The van der Waals surface area contributed by atoms with E-state index < -0.39 is 0 Å². The number of H-pyrrole nitrogens is 1. The summed E-state index contributed by atoms with van der Waals surface area (Å²) in [5, 5.41) is 7.80. The summed E-state index contributed by atoms with van der Waals surface area (Å²) < 4.78 is 1.84. The molecule has 1 fully saturated rings. The van der Waals surface area contributed by atoms with Crippen LogP contribution in [-0.4, -0.2) is 51.2 Å². The number of carbonyl (C=O) groups is 1. The maximum absolute atomic E-state index is 13.0. The molecule has 1 aliphatic heterocycles. The van der Waals surface area contributed by atoms with Gasteiger partial charge < -0.3 is 15.2 Å². The molecule has 3 heterocycles. The zero-order valence-corrected chi connectivity index (χ0v) is 15.6. The van der Waals surface area contributed by atoms with Crippen molar-refractivity contribution in [1.29, 1.82) is 0 Å². The van der Waals surface area contributed by atoms with Gasteiger partial charge in [-0.25, -0.2) is 4.68 Å². The van der Waals surface area contributed by atoms with Gasteiger partial charge in [-0.15, -0.1) is 0 Å². The standard InChI is InChI=1S/C21H25N5O/c1-2-10-25(19-8-9-22-14-19)21(27)20-11-16(12-23-20)17-13-24-26(15-17)18-6-4-3-5-7-18/h3-7,11-13,15,19,22-23H,2,8-10,14H2,1H3. The van der Waals surface area contributed by atoms with E-state index in [1.807, 2.05) is 64.6 Å². The summed E-state index contributed by atoms with van der Waals surface area (Å²) in [6.07, 6.45) is 7.67. The molecule has 1 amide bonds. The number of nitrogens with one attached hydrogen (secondary N) is 2. The molecule has 1 aliphatic rings. The molecule has 4 rings (SSSR count). The summed E-state index contributed by atoms with van der Waals surface area (Å²) in [6.45, 7) is 4.75. The van der Waals surface area contributed by atoms with Gasteiger partial charge in [0, 0.05) is 42.7 Å². The molecule has 6 nitrogen and oxygen atoms in total. The number of nitrogens with zero attached hydrogens (tertiary/aromatic N) is 3. The third-order valence-corrected chi connectivity index (χ3v) is 5.05. The Balaban J connectivity index is 1.54. The van der Waals surface area contributed by atoms with Crippen LogP contribution in [0, 0.1) is 0 Å². The first-order valence-corrected chi connectivity index (χ1v) is 9.57. The second-order valence-electron chi connectivity index (χ2n) is 6.96. The normalized spacial score (nSPS) is 16.6. The quantitative estimate of drug-likeness (QED) is 0.707. The Morgan fingerprint density at radius 1 is 1.30 bits per heavy atom. The maximum Gasteiger partial charge on any atom is 0.270 e. The predicted molar refractivity (Wildman–Crippen MR) is 106 cm³/mol. The van der Waals surface area contributed by atoms with Crippen LogP contribution in [0.25, 0.3) is 16.8 Å². The lowest BCUT2D eigenvalue weighted by Crippen LogP contribution is -2.42. The lowest BCUT2D eigenvalue weighted by atomic mass is 10.1. The Morgan fingerprint density at radius 3 is 2.89 bits per heavy atom. The van der Waals surface area contributed by atoms with E-state index in [1.54, 1.807) is 0 Å². The van der Waals surface area contributed by atoms with Crippen LogP contribution in [-0.2, 0) is 0 Å². The minimum Gasteiger partial charge on any atom is -0.357 e. The monoisotopic (exact) mass is 363 g/mol. The average Bonchev–Trinajstić information content (AvgIpc) is 3.47. The molecular weight excluding hydrogens is 338 g/mol. The van der Waals surface area contributed by atoms with Gasteiger partial charge in [0.05, 0.1) is 11.9 Å². The molecular formula is C21H25N5O. The molecule has 0 spiro atoms. The van der Waals surface area contributed by atoms with E-state index in [9.17, 15) is 4.79 Å². The van der Waals surface area contributed by atoms with Crippen molar-refractivity contribution < 1.29 is 4.79 Å². The second-order valence-corrected chi connectivity index (χ2v) is 6.96. The number of para-hydroxylation sites is 1. The third-order valence-electron chi connectivity index (χ3n) is 5.05. The smallest absolute Gasteiger partial charge is 0.270 e. The van der Waals surface area contributed by atoms with E-state index in [4.69, 9.17) is 0 Å². The Morgan fingerprint density at radius 2 is 2.15 bits per heavy atom. The van der Waals surface area contributed by atoms with Gasteiger partial charge in [0.1, 0.15) is 5.69 Å². The van der Waals surface area contributed by atoms with E-state index in [0.29, 0.717) is 5.69 Å². The minimum atomic E-state index is 0.0762. The zero-order valence-electron chi connectivity index (χ0n) is 15.6. The molecule has 3 aromatic rings. The van der Waals surface area contributed by atoms with Crippen molar-refractivity contribution in [3.05, 3.63) is 60.7 Å². The van der Waals surface area contributed by atoms with Crippen LogP contribution < -0.4 is 5.32 Å². The molecule has 0 aliphatic carbocycles. The van der Waals surface area contributed by atoms with Crippen molar-refractivity contribution in [2.24, 2.45) is 0 Å². The summed E-state index contributed by atoms with van der Waals surface area (Å²) in [5.41, 5.74) is 3.61. The number of amides is 1. The van der Waals surface area contributed by atoms with Gasteiger partial charge in [0.25, 0.3) is 5.91 Å². The number of benzene rings is 1. The fourth-order valence-electron chi connectivity index (χ4n) is 3.63. The molecule has 0 bridgehead atoms. The Labute approximate surface area is 159 Å². The average molecular weight is 363 g/mol. The van der Waals surface area contributed by atoms with Gasteiger partial charge in [-0.1, -0.05) is 25.1 Å². The zero-order chi connectivity index (χ0) is 18.6. The lowest BCUT2D eigenvalue weighted by Gasteiger charge is -2.27. The maximum atomic E-state index is 13.0. The number of aromatic amines is 1. The van der Waals surface area contributed by atoms with Crippen molar-refractivity contribution in [3.63, 3.8) is 0 Å². The number of hydrogen-bond donors (Lipinski definition) is 2. The first-order chi connectivity index (χ1) is 13.3. The third kappa shape index (κ3) is 3.66. The van der Waals surface area contributed by atoms with E-state index in [1.165, 1.54) is 0 Å². The molecule has 2 N–H and O–H groups in total. The molecule has 0 saturated carbocycles. The fraction of sp³-hybridized carbons (Fsp3) is 0.333. The SMILES string of the molecule is CCCN(C(=O)c1cc(-c2cnn(-c3ccccc3)c2)c[nH]1)C1CCNC1. The summed E-state index contributed by atoms with van der Waals surface area (Å²) in [6, 6.07) is 12.2. The van der Waals surface area contributed by atoms with Crippen molar-refractivity contribution in [3.8, 4) is 16.8 Å². The Bertz CT molecular complexity index is 892. The summed E-state index contributed by atoms with van der Waals surface area (Å²) >= 11 is 0. The predicted octanol–water partition coefficient (Wildman–Crippen LogP) is 3.08. The molecule has 27 heavy (non-hydrogen) atoms. The fourth-order valence-corrected chi connectivity index (χ4v) is 3.63. The summed E-state index contributed by atoms with van der Waals surface area (Å²) in [5.74, 6) is 0.0762. The van der Waals surface area contributed by atoms with Crippen LogP contribution >= 0.6 is 0 Å². The van der Waals surface area contributed by atoms with Crippen molar-refractivity contribution in [2.75, 3.05) is 19.6 Å². The van der Waals surface area contributed by atoms with Crippen molar-refractivity contribution in [1.82, 2.24) is 25.0 Å². The topological polar surface area (TPSA) is 66.0 Å². The molecule has 140 valence electrons. The molecule has 6 heteroatoms. The largest absolute Gasteiger partial charge is 0.357 e. The number of aromatic nitrogens is 3. The van der Waals surface area contributed by atoms with Gasteiger partial charge in [-0.05, 0) is 37.6 Å². The van der Waals surface area contributed by atoms with E-state index >= 15 is 0 Å². The number of carbonyl (C=O) groups excluding carboxylic acids is 1. The van der Waals surface area contributed by atoms with Crippen LogP contribution in [0.2, 0.25) is 0 Å². The van der Waals surface area contributed by atoms with Gasteiger partial charge in [-0.3, -0.25) is 4.79 Å². The highest BCUT2D eigenvalue weighted by Crippen LogP contribution is 2.23. The van der Waals surface area contributed by atoms with E-state index in [-0.39, 0.29) is 11.9 Å². The van der Waals surface area contributed by atoms with Gasteiger partial charge in [0.15, 0.2) is 0 Å². The Kier molecular flexibility index (Phi) is 5.07. The van der Waals surface area contributed by atoms with Crippen LogP contribution in [0.15, 0.2) is 55.0 Å². The highest BCUT2D eigenvalue weighted by Gasteiger charge is 2.27. The number of rotatable bonds is 6. The van der Waals surface area contributed by atoms with Crippen molar-refractivity contribution in [2.45, 2.75) is 25.8 Å². The van der Waals surface area contributed by atoms with Crippen LogP contribution in [0.4, 0.5) is 0 Å². The van der Waals surface area contributed by atoms with Crippen LogP contribution in [0.5, 0.6) is 0 Å². The molecule has 0 radical (unpaired) electrons. The lowest BCUT2D eigenvalue weighted by molar-refractivity contribution is 0.0687. The van der Waals surface area contributed by atoms with Gasteiger partial charge in [-0.2, -0.15) is 5.10 Å². The second kappa shape index (κ2) is 7.80. The van der Waals surface area contributed by atoms with Crippen LogP contribution in [0.3, 0.4) is 0 Å².